The number of aromatic nitrogens is 4. The molecule has 2 N–H and O–H groups in total. The largest absolute Gasteiger partial charge is 0.384 e. The van der Waals surface area contributed by atoms with Crippen LogP contribution in [0.3, 0.4) is 0 Å². The Labute approximate surface area is 199 Å². The molecule has 1 saturated heterocycles. The average molecular weight is 461 g/mol. The fourth-order valence-corrected chi connectivity index (χ4v) is 5.06. The topological polar surface area (TPSA) is 90.8 Å². The quantitative estimate of drug-likeness (QED) is 0.432. The highest BCUT2D eigenvalue weighted by molar-refractivity contribution is 5.85. The molecule has 8 nitrogen and oxygen atoms in total. The summed E-state index contributed by atoms with van der Waals surface area (Å²) in [5.41, 5.74) is 10.6. The van der Waals surface area contributed by atoms with E-state index < -0.39 is 0 Å². The minimum atomic E-state index is -0.328. The first-order valence-corrected chi connectivity index (χ1v) is 11.7. The summed E-state index contributed by atoms with van der Waals surface area (Å²) in [7, 11) is 3.43. The van der Waals surface area contributed by atoms with Crippen molar-refractivity contribution in [1.82, 2.24) is 24.5 Å². The summed E-state index contributed by atoms with van der Waals surface area (Å²) in [6.07, 6.45) is 3.17. The molecule has 4 heterocycles. The molecule has 4 aromatic rings. The smallest absolute Gasteiger partial charge is 0.187 e. The van der Waals surface area contributed by atoms with Crippen LogP contribution in [-0.4, -0.2) is 71.0 Å². The zero-order chi connectivity index (χ0) is 23.7. The number of rotatable bonds is 8. The monoisotopic (exact) mass is 460 g/mol. The van der Waals surface area contributed by atoms with E-state index in [0.717, 1.165) is 59.7 Å². The molecule has 0 amide bonds. The van der Waals surface area contributed by atoms with Crippen molar-refractivity contribution >= 4 is 16.6 Å². The molecule has 3 aromatic heterocycles. The van der Waals surface area contributed by atoms with Gasteiger partial charge in [0, 0.05) is 56.9 Å². The molecule has 8 heteroatoms. The van der Waals surface area contributed by atoms with Crippen molar-refractivity contribution in [3.8, 4) is 11.5 Å². The van der Waals surface area contributed by atoms with Crippen LogP contribution in [0.25, 0.3) is 28.1 Å². The molecule has 1 aliphatic heterocycles. The SMILES string of the molecule is COCC(C)(COC)c1cccc2ccc(-c3nnc4ccc(CN5CCC(N)C5)cn34)nc12. The Kier molecular flexibility index (Phi) is 6.31. The molecule has 0 radical (unpaired) electrons. The highest BCUT2D eigenvalue weighted by Gasteiger charge is 2.29. The van der Waals surface area contributed by atoms with E-state index in [0.29, 0.717) is 13.2 Å². The molecule has 5 rings (SSSR count). The van der Waals surface area contributed by atoms with Crippen LogP contribution >= 0.6 is 0 Å². The third kappa shape index (κ3) is 4.30. The van der Waals surface area contributed by atoms with Crippen LogP contribution in [0.5, 0.6) is 0 Å². The van der Waals surface area contributed by atoms with Crippen LogP contribution in [0.4, 0.5) is 0 Å². The number of fused-ring (bicyclic) bond motifs is 2. The molecule has 34 heavy (non-hydrogen) atoms. The normalized spacial score (nSPS) is 17.2. The zero-order valence-electron chi connectivity index (χ0n) is 20.1. The van der Waals surface area contributed by atoms with Gasteiger partial charge < -0.3 is 15.2 Å². The van der Waals surface area contributed by atoms with Crippen LogP contribution in [0.2, 0.25) is 0 Å². The number of benzene rings is 1. The summed E-state index contributed by atoms with van der Waals surface area (Å²) in [5.74, 6) is 0.729. The van der Waals surface area contributed by atoms with E-state index in [1.54, 1.807) is 14.2 Å². The molecule has 178 valence electrons. The molecule has 1 unspecified atom stereocenters. The number of pyridine rings is 2. The highest BCUT2D eigenvalue weighted by atomic mass is 16.5. The van der Waals surface area contributed by atoms with Gasteiger partial charge in [-0.1, -0.05) is 37.3 Å². The second kappa shape index (κ2) is 9.38. The van der Waals surface area contributed by atoms with E-state index >= 15 is 0 Å². The number of nitrogens with two attached hydrogens (primary N) is 1. The van der Waals surface area contributed by atoms with Gasteiger partial charge in [-0.3, -0.25) is 9.30 Å². The standard InChI is InChI=1S/C26H32N6O2/c1-26(16-33-2,17-34-3)21-6-4-5-19-8-9-22(28-24(19)21)25-30-29-23-10-7-18(14-32(23)25)13-31-12-11-20(27)15-31/h4-10,14,20H,11-13,15-17,27H2,1-3H3. The fourth-order valence-electron chi connectivity index (χ4n) is 5.06. The van der Waals surface area contributed by atoms with E-state index in [-0.39, 0.29) is 11.5 Å². The number of ether oxygens (including phenoxy) is 2. The molecule has 1 fully saturated rings. The Morgan fingerprint density at radius 3 is 2.62 bits per heavy atom. The number of likely N-dealkylation sites (tertiary alicyclic amines) is 1. The average Bonchev–Trinajstić information content (AvgIpc) is 3.44. The Morgan fingerprint density at radius 2 is 1.88 bits per heavy atom. The van der Waals surface area contributed by atoms with E-state index in [1.807, 2.05) is 16.5 Å². The highest BCUT2D eigenvalue weighted by Crippen LogP contribution is 2.32. The van der Waals surface area contributed by atoms with Crippen LogP contribution in [-0.2, 0) is 21.4 Å². The molecule has 1 aromatic carbocycles. The Hall–Kier alpha value is -2.91. The summed E-state index contributed by atoms with van der Waals surface area (Å²) in [5, 5.41) is 9.95. The predicted octanol–water partition coefficient (Wildman–Crippen LogP) is 3.03. The third-order valence-electron chi connectivity index (χ3n) is 6.70. The third-order valence-corrected chi connectivity index (χ3v) is 6.70. The Balaban J connectivity index is 1.56. The van der Waals surface area contributed by atoms with Gasteiger partial charge in [0.2, 0.25) is 0 Å². The number of para-hydroxylation sites is 1. The molecule has 0 bridgehead atoms. The molecular weight excluding hydrogens is 428 g/mol. The Bertz CT molecular complexity index is 1300. The number of methoxy groups -OCH3 is 2. The lowest BCUT2D eigenvalue weighted by Crippen LogP contribution is -2.33. The second-order valence-electron chi connectivity index (χ2n) is 9.57. The first-order chi connectivity index (χ1) is 16.5. The van der Waals surface area contributed by atoms with Crippen LogP contribution in [0.15, 0.2) is 48.7 Å². The second-order valence-corrected chi connectivity index (χ2v) is 9.57. The summed E-state index contributed by atoms with van der Waals surface area (Å²) >= 11 is 0. The van der Waals surface area contributed by atoms with Crippen molar-refractivity contribution in [3.63, 3.8) is 0 Å². The summed E-state index contributed by atoms with van der Waals surface area (Å²) in [4.78, 5) is 7.47. The zero-order valence-corrected chi connectivity index (χ0v) is 20.1. The van der Waals surface area contributed by atoms with Crippen molar-refractivity contribution in [1.29, 1.82) is 0 Å². The van der Waals surface area contributed by atoms with Crippen molar-refractivity contribution in [3.05, 3.63) is 59.8 Å². The summed E-state index contributed by atoms with van der Waals surface area (Å²) in [6, 6.07) is 14.8. The van der Waals surface area contributed by atoms with Gasteiger partial charge >= 0.3 is 0 Å². The van der Waals surface area contributed by atoms with Crippen molar-refractivity contribution in [2.24, 2.45) is 5.73 Å². The van der Waals surface area contributed by atoms with Crippen LogP contribution < -0.4 is 5.73 Å². The summed E-state index contributed by atoms with van der Waals surface area (Å²) < 4.78 is 13.1. The minimum Gasteiger partial charge on any atom is -0.384 e. The van der Waals surface area contributed by atoms with Gasteiger partial charge in [0.25, 0.3) is 0 Å². The van der Waals surface area contributed by atoms with Crippen LogP contribution in [0.1, 0.15) is 24.5 Å². The molecular formula is C26H32N6O2. The lowest BCUT2D eigenvalue weighted by molar-refractivity contribution is 0.0694. The minimum absolute atomic E-state index is 0.270. The lowest BCUT2D eigenvalue weighted by Gasteiger charge is -2.29. The Morgan fingerprint density at radius 1 is 1.06 bits per heavy atom. The molecule has 0 saturated carbocycles. The first kappa shape index (κ1) is 22.9. The van der Waals surface area contributed by atoms with E-state index in [1.165, 1.54) is 5.56 Å². The van der Waals surface area contributed by atoms with Gasteiger partial charge in [0.1, 0.15) is 5.69 Å². The fraction of sp³-hybridized carbons (Fsp3) is 0.423. The molecule has 1 aliphatic rings. The maximum atomic E-state index is 6.09. The van der Waals surface area contributed by atoms with Gasteiger partial charge in [-0.05, 0) is 29.7 Å². The molecule has 1 atom stereocenters. The van der Waals surface area contributed by atoms with Gasteiger partial charge in [0.15, 0.2) is 11.5 Å². The van der Waals surface area contributed by atoms with E-state index in [9.17, 15) is 0 Å². The van der Waals surface area contributed by atoms with Crippen LogP contribution in [0, 0.1) is 0 Å². The number of hydrogen-bond donors (Lipinski definition) is 1. The maximum Gasteiger partial charge on any atom is 0.187 e. The number of hydrogen-bond acceptors (Lipinski definition) is 7. The van der Waals surface area contributed by atoms with Gasteiger partial charge in [-0.2, -0.15) is 0 Å². The predicted molar refractivity (Wildman–Crippen MR) is 133 cm³/mol. The van der Waals surface area contributed by atoms with Crippen molar-refractivity contribution < 1.29 is 9.47 Å². The van der Waals surface area contributed by atoms with Gasteiger partial charge in [-0.15, -0.1) is 10.2 Å². The van der Waals surface area contributed by atoms with Gasteiger partial charge in [0.05, 0.1) is 18.7 Å². The van der Waals surface area contributed by atoms with E-state index in [4.69, 9.17) is 20.2 Å². The van der Waals surface area contributed by atoms with E-state index in [2.05, 4.69) is 58.5 Å². The molecule has 0 aliphatic carbocycles. The summed E-state index contributed by atoms with van der Waals surface area (Å²) in [6.45, 7) is 6.04. The first-order valence-electron chi connectivity index (χ1n) is 11.7. The maximum absolute atomic E-state index is 6.09. The molecule has 0 spiro atoms. The van der Waals surface area contributed by atoms with Gasteiger partial charge in [-0.25, -0.2) is 4.98 Å². The van der Waals surface area contributed by atoms with Crippen molar-refractivity contribution in [2.75, 3.05) is 40.5 Å². The lowest BCUT2D eigenvalue weighted by atomic mass is 9.82. The van der Waals surface area contributed by atoms with Crippen molar-refractivity contribution in [2.45, 2.75) is 31.3 Å². The number of nitrogens with zero attached hydrogens (tertiary/aromatic N) is 5.